The van der Waals surface area contributed by atoms with Crippen LogP contribution in [0.5, 0.6) is 5.75 Å². The summed E-state index contributed by atoms with van der Waals surface area (Å²) in [6.07, 6.45) is 0. The van der Waals surface area contributed by atoms with E-state index in [0.29, 0.717) is 0 Å². The minimum Gasteiger partial charge on any atom is -0.496 e. The van der Waals surface area contributed by atoms with Crippen LogP contribution in [0.15, 0.2) is 18.2 Å². The van der Waals surface area contributed by atoms with E-state index in [0.717, 1.165) is 6.07 Å². The molecule has 10 heteroatoms. The number of nitrogens with one attached hydrogen (secondary N) is 2. The Hall–Kier alpha value is -1.67. The third-order valence-corrected chi connectivity index (χ3v) is 2.14. The second kappa shape index (κ2) is 5.11. The normalized spacial score (nSPS) is 11.0. The minimum atomic E-state index is -4.51. The summed E-state index contributed by atoms with van der Waals surface area (Å²) < 4.78 is 15.3. The lowest BCUT2D eigenvalue weighted by Crippen LogP contribution is -2.18. The SMILES string of the molecule is COc1ccc(NNP(=O)(O)O)c([N+](=O)[O-])c1. The highest BCUT2D eigenvalue weighted by atomic mass is 31.2. The first-order chi connectivity index (χ1) is 7.83. The Morgan fingerprint density at radius 3 is 2.59 bits per heavy atom. The van der Waals surface area contributed by atoms with Crippen LogP contribution in [0.3, 0.4) is 0 Å². The van der Waals surface area contributed by atoms with Gasteiger partial charge in [-0.25, -0.2) is 4.57 Å². The number of anilines is 1. The highest BCUT2D eigenvalue weighted by Crippen LogP contribution is 2.32. The number of nitro groups is 1. The molecule has 0 heterocycles. The molecule has 0 unspecified atom stereocenters. The summed E-state index contributed by atoms with van der Waals surface area (Å²) in [7, 11) is -3.17. The van der Waals surface area contributed by atoms with Crippen molar-refractivity contribution in [2.75, 3.05) is 12.5 Å². The molecule has 0 amide bonds. The van der Waals surface area contributed by atoms with E-state index < -0.39 is 12.7 Å². The molecule has 0 saturated carbocycles. The summed E-state index contributed by atoms with van der Waals surface area (Å²) in [5, 5.41) is 12.3. The van der Waals surface area contributed by atoms with E-state index in [1.807, 2.05) is 0 Å². The first-order valence-corrected chi connectivity index (χ1v) is 5.86. The van der Waals surface area contributed by atoms with E-state index in [1.54, 1.807) is 5.20 Å². The number of methoxy groups -OCH3 is 1. The van der Waals surface area contributed by atoms with Crippen molar-refractivity contribution in [3.05, 3.63) is 28.3 Å². The van der Waals surface area contributed by atoms with Gasteiger partial charge in [0.05, 0.1) is 18.1 Å². The fourth-order valence-corrected chi connectivity index (χ4v) is 1.29. The molecule has 1 rings (SSSR count). The third-order valence-electron chi connectivity index (χ3n) is 1.74. The standard InChI is InChI=1S/C7H10N3O6P/c1-16-5-2-3-6(7(4-5)10(11)12)8-9-17(13,14)15/h2-4,8H,1H3,(H3,9,13,14,15). The highest BCUT2D eigenvalue weighted by Gasteiger charge is 2.18. The number of nitrogens with zero attached hydrogens (tertiary/aromatic N) is 1. The second-order valence-corrected chi connectivity index (χ2v) is 4.23. The Kier molecular flexibility index (Phi) is 4.02. The first kappa shape index (κ1) is 13.4. The van der Waals surface area contributed by atoms with Crippen LogP contribution >= 0.6 is 7.75 Å². The number of hydrazine groups is 1. The number of benzene rings is 1. The fourth-order valence-electron chi connectivity index (χ4n) is 1.03. The molecule has 17 heavy (non-hydrogen) atoms. The molecule has 0 radical (unpaired) electrons. The molecular formula is C7H10N3O6P. The van der Waals surface area contributed by atoms with Crippen LogP contribution in [0.25, 0.3) is 0 Å². The van der Waals surface area contributed by atoms with Gasteiger partial charge in [0, 0.05) is 0 Å². The zero-order chi connectivity index (χ0) is 13.1. The molecule has 0 aliphatic rings. The van der Waals surface area contributed by atoms with Crippen molar-refractivity contribution in [1.82, 2.24) is 5.20 Å². The molecule has 0 fully saturated rings. The van der Waals surface area contributed by atoms with Crippen molar-refractivity contribution in [3.8, 4) is 5.75 Å². The maximum Gasteiger partial charge on any atom is 0.417 e. The van der Waals surface area contributed by atoms with Crippen molar-refractivity contribution < 1.29 is 24.0 Å². The van der Waals surface area contributed by atoms with E-state index in [4.69, 9.17) is 14.5 Å². The van der Waals surface area contributed by atoms with E-state index >= 15 is 0 Å². The summed E-state index contributed by atoms with van der Waals surface area (Å²) in [6, 6.07) is 3.81. The summed E-state index contributed by atoms with van der Waals surface area (Å²) in [6.45, 7) is 0. The van der Waals surface area contributed by atoms with E-state index in [2.05, 4.69) is 5.43 Å². The van der Waals surface area contributed by atoms with Crippen LogP contribution < -0.4 is 15.4 Å². The Bertz CT molecular complexity index is 473. The molecule has 0 spiro atoms. The van der Waals surface area contributed by atoms with Gasteiger partial charge in [0.25, 0.3) is 5.69 Å². The van der Waals surface area contributed by atoms with Crippen LogP contribution in [0.2, 0.25) is 0 Å². The number of rotatable bonds is 5. The topological polar surface area (TPSA) is 134 Å². The highest BCUT2D eigenvalue weighted by molar-refractivity contribution is 7.49. The summed E-state index contributed by atoms with van der Waals surface area (Å²) in [4.78, 5) is 27.1. The van der Waals surface area contributed by atoms with Gasteiger partial charge in [0.15, 0.2) is 0 Å². The lowest BCUT2D eigenvalue weighted by molar-refractivity contribution is -0.384. The average molecular weight is 263 g/mol. The molecule has 94 valence electrons. The van der Waals surface area contributed by atoms with Crippen molar-refractivity contribution in [2.45, 2.75) is 0 Å². The largest absolute Gasteiger partial charge is 0.496 e. The molecule has 0 aliphatic carbocycles. The van der Waals surface area contributed by atoms with Crippen LogP contribution in [-0.4, -0.2) is 21.8 Å². The van der Waals surface area contributed by atoms with Gasteiger partial charge in [-0.1, -0.05) is 0 Å². The molecule has 0 saturated heterocycles. The van der Waals surface area contributed by atoms with Gasteiger partial charge < -0.3 is 19.9 Å². The molecule has 1 aromatic rings. The van der Waals surface area contributed by atoms with Gasteiger partial charge >= 0.3 is 7.75 Å². The minimum absolute atomic E-state index is 0.0841. The zero-order valence-corrected chi connectivity index (χ0v) is 9.55. The first-order valence-electron chi connectivity index (χ1n) is 4.25. The maximum atomic E-state index is 10.7. The summed E-state index contributed by atoms with van der Waals surface area (Å²) in [5.74, 6) is 0.262. The molecule has 4 N–H and O–H groups in total. The quantitative estimate of drug-likeness (QED) is 0.345. The van der Waals surface area contributed by atoms with Gasteiger partial charge in [0.1, 0.15) is 11.4 Å². The Morgan fingerprint density at radius 2 is 2.12 bits per heavy atom. The van der Waals surface area contributed by atoms with Gasteiger partial charge in [-0.2, -0.15) is 0 Å². The van der Waals surface area contributed by atoms with Crippen molar-refractivity contribution in [1.29, 1.82) is 0 Å². The molecular weight excluding hydrogens is 253 g/mol. The predicted octanol–water partition coefficient (Wildman–Crippen LogP) is 0.613. The van der Waals surface area contributed by atoms with Crippen LogP contribution in [0.1, 0.15) is 0 Å². The van der Waals surface area contributed by atoms with Crippen LogP contribution in [0.4, 0.5) is 11.4 Å². The van der Waals surface area contributed by atoms with Gasteiger partial charge in [-0.3, -0.25) is 10.1 Å². The molecule has 0 aliphatic heterocycles. The Labute approximate surface area is 95.7 Å². The van der Waals surface area contributed by atoms with Crippen molar-refractivity contribution in [3.63, 3.8) is 0 Å². The lowest BCUT2D eigenvalue weighted by atomic mass is 10.2. The zero-order valence-electron chi connectivity index (χ0n) is 8.65. The molecule has 0 aromatic heterocycles. The Morgan fingerprint density at radius 1 is 1.47 bits per heavy atom. The number of hydrogen-bond donors (Lipinski definition) is 4. The predicted molar refractivity (Wildman–Crippen MR) is 58.5 cm³/mol. The van der Waals surface area contributed by atoms with Crippen LogP contribution in [0, 0.1) is 10.1 Å². The van der Waals surface area contributed by atoms with Gasteiger partial charge in [0.2, 0.25) is 0 Å². The maximum absolute atomic E-state index is 10.7. The summed E-state index contributed by atoms with van der Waals surface area (Å²) >= 11 is 0. The van der Waals surface area contributed by atoms with Crippen molar-refractivity contribution >= 4 is 19.1 Å². The fraction of sp³-hybridized carbons (Fsp3) is 0.143. The van der Waals surface area contributed by atoms with Crippen molar-refractivity contribution in [2.24, 2.45) is 0 Å². The number of hydrogen-bond acceptors (Lipinski definition) is 5. The van der Waals surface area contributed by atoms with E-state index in [-0.39, 0.29) is 17.1 Å². The molecule has 1 aromatic carbocycles. The lowest BCUT2D eigenvalue weighted by Gasteiger charge is -2.10. The molecule has 0 bridgehead atoms. The van der Waals surface area contributed by atoms with Crippen LogP contribution in [-0.2, 0) is 4.57 Å². The monoisotopic (exact) mass is 263 g/mol. The smallest absolute Gasteiger partial charge is 0.417 e. The second-order valence-electron chi connectivity index (χ2n) is 2.92. The summed E-state index contributed by atoms with van der Waals surface area (Å²) in [5.41, 5.74) is 1.62. The van der Waals surface area contributed by atoms with Gasteiger partial charge in [-0.15, -0.1) is 5.20 Å². The molecule has 9 nitrogen and oxygen atoms in total. The number of ether oxygens (including phenoxy) is 1. The Balaban J connectivity index is 2.99. The van der Waals surface area contributed by atoms with E-state index in [9.17, 15) is 14.7 Å². The third kappa shape index (κ3) is 4.00. The number of nitro benzene ring substituents is 1. The van der Waals surface area contributed by atoms with Gasteiger partial charge in [-0.05, 0) is 12.1 Å². The average Bonchev–Trinajstić information content (AvgIpc) is 2.25. The van der Waals surface area contributed by atoms with E-state index in [1.165, 1.54) is 19.2 Å². The molecule has 0 atom stereocenters.